The summed E-state index contributed by atoms with van der Waals surface area (Å²) in [4.78, 5) is 19.3. The smallest absolute Gasteiger partial charge is 0.225 e. The largest absolute Gasteiger partial charge is 0.467 e. The van der Waals surface area contributed by atoms with E-state index in [1.807, 2.05) is 17.0 Å². The molecule has 0 radical (unpaired) electrons. The predicted octanol–water partition coefficient (Wildman–Crippen LogP) is 3.13. The van der Waals surface area contributed by atoms with Crippen LogP contribution in [-0.4, -0.2) is 42.4 Å². The van der Waals surface area contributed by atoms with Gasteiger partial charge in [0.15, 0.2) is 5.96 Å². The molecule has 146 valence electrons. The van der Waals surface area contributed by atoms with Crippen LogP contribution in [0.5, 0.6) is 0 Å². The predicted molar refractivity (Wildman–Crippen MR) is 114 cm³/mol. The Morgan fingerprint density at radius 3 is 2.81 bits per heavy atom. The monoisotopic (exact) mass is 474 g/mol. The molecule has 0 spiro atoms. The SMILES string of the molecule is CCNC(=NCc1ccco1)NC1CCN(C(=O)C2CCCCC2)C1.I. The molecule has 1 aromatic rings. The van der Waals surface area contributed by atoms with Crippen LogP contribution in [0.4, 0.5) is 0 Å². The van der Waals surface area contributed by atoms with Crippen LogP contribution in [0.25, 0.3) is 0 Å². The van der Waals surface area contributed by atoms with Crippen molar-refractivity contribution in [2.75, 3.05) is 19.6 Å². The zero-order chi connectivity index (χ0) is 17.5. The van der Waals surface area contributed by atoms with Gasteiger partial charge in [0.05, 0.1) is 6.26 Å². The minimum Gasteiger partial charge on any atom is -0.467 e. The van der Waals surface area contributed by atoms with Crippen LogP contribution in [0.3, 0.4) is 0 Å². The molecule has 2 heterocycles. The highest BCUT2D eigenvalue weighted by Crippen LogP contribution is 2.26. The topological polar surface area (TPSA) is 69.9 Å². The maximum Gasteiger partial charge on any atom is 0.225 e. The van der Waals surface area contributed by atoms with E-state index in [2.05, 4.69) is 22.5 Å². The van der Waals surface area contributed by atoms with Crippen LogP contribution in [0, 0.1) is 5.92 Å². The summed E-state index contributed by atoms with van der Waals surface area (Å²) >= 11 is 0. The molecule has 1 aliphatic heterocycles. The van der Waals surface area contributed by atoms with Gasteiger partial charge < -0.3 is 20.0 Å². The molecule has 1 aliphatic carbocycles. The normalized spacial score (nSPS) is 21.3. The number of nitrogens with one attached hydrogen (secondary N) is 2. The van der Waals surface area contributed by atoms with E-state index in [-0.39, 0.29) is 35.9 Å². The number of amides is 1. The van der Waals surface area contributed by atoms with E-state index in [9.17, 15) is 4.79 Å². The number of likely N-dealkylation sites (tertiary alicyclic amines) is 1. The molecule has 1 amide bonds. The van der Waals surface area contributed by atoms with Gasteiger partial charge in [-0.15, -0.1) is 24.0 Å². The zero-order valence-corrected chi connectivity index (χ0v) is 17.9. The fourth-order valence-corrected chi connectivity index (χ4v) is 3.76. The van der Waals surface area contributed by atoms with Crippen LogP contribution in [-0.2, 0) is 11.3 Å². The van der Waals surface area contributed by atoms with Crippen molar-refractivity contribution in [3.05, 3.63) is 24.2 Å². The van der Waals surface area contributed by atoms with Crippen molar-refractivity contribution >= 4 is 35.8 Å². The number of guanidine groups is 1. The summed E-state index contributed by atoms with van der Waals surface area (Å²) in [5, 5.41) is 6.74. The number of halogens is 1. The van der Waals surface area contributed by atoms with Crippen molar-refractivity contribution in [3.63, 3.8) is 0 Å². The third-order valence-corrected chi connectivity index (χ3v) is 5.11. The number of furan rings is 1. The average molecular weight is 474 g/mol. The van der Waals surface area contributed by atoms with E-state index < -0.39 is 0 Å². The summed E-state index contributed by atoms with van der Waals surface area (Å²) in [6.07, 6.45) is 8.47. The second kappa shape index (κ2) is 10.8. The standard InChI is InChI=1S/C19H30N4O2.HI/c1-2-20-19(21-13-17-9-6-12-25-17)22-16-10-11-23(14-16)18(24)15-7-4-3-5-8-15;/h6,9,12,15-16H,2-5,7-8,10-11,13-14H2,1H3,(H2,20,21,22);1H. The van der Waals surface area contributed by atoms with Crippen LogP contribution in [0.1, 0.15) is 51.2 Å². The van der Waals surface area contributed by atoms with Gasteiger partial charge in [-0.05, 0) is 38.3 Å². The molecule has 2 aliphatic rings. The van der Waals surface area contributed by atoms with Gasteiger partial charge >= 0.3 is 0 Å². The lowest BCUT2D eigenvalue weighted by atomic mass is 9.88. The molecule has 0 bridgehead atoms. The lowest BCUT2D eigenvalue weighted by molar-refractivity contribution is -0.135. The van der Waals surface area contributed by atoms with Crippen molar-refractivity contribution < 1.29 is 9.21 Å². The fraction of sp³-hybridized carbons (Fsp3) is 0.684. The van der Waals surface area contributed by atoms with E-state index in [0.29, 0.717) is 12.5 Å². The number of hydrogen-bond acceptors (Lipinski definition) is 3. The van der Waals surface area contributed by atoms with Crippen molar-refractivity contribution in [1.29, 1.82) is 0 Å². The fourth-order valence-electron chi connectivity index (χ4n) is 3.76. The van der Waals surface area contributed by atoms with Crippen molar-refractivity contribution in [3.8, 4) is 0 Å². The minimum atomic E-state index is 0. The molecule has 1 aromatic heterocycles. The molecular formula is C19H31IN4O2. The first-order valence-corrected chi connectivity index (χ1v) is 9.62. The first kappa shape index (κ1) is 21.1. The van der Waals surface area contributed by atoms with Gasteiger partial charge in [-0.3, -0.25) is 4.79 Å². The van der Waals surface area contributed by atoms with Gasteiger partial charge in [0.25, 0.3) is 0 Å². The molecule has 26 heavy (non-hydrogen) atoms. The maximum absolute atomic E-state index is 12.7. The Bertz CT molecular complexity index is 570. The van der Waals surface area contributed by atoms with Gasteiger partial charge in [-0.25, -0.2) is 4.99 Å². The Morgan fingerprint density at radius 2 is 2.12 bits per heavy atom. The van der Waals surface area contributed by atoms with Crippen molar-refractivity contribution in [2.24, 2.45) is 10.9 Å². The van der Waals surface area contributed by atoms with E-state index in [4.69, 9.17) is 4.42 Å². The Morgan fingerprint density at radius 1 is 1.31 bits per heavy atom. The molecule has 2 fully saturated rings. The third-order valence-electron chi connectivity index (χ3n) is 5.11. The minimum absolute atomic E-state index is 0. The highest BCUT2D eigenvalue weighted by Gasteiger charge is 2.31. The molecule has 6 nitrogen and oxygen atoms in total. The summed E-state index contributed by atoms with van der Waals surface area (Å²) in [5.41, 5.74) is 0. The quantitative estimate of drug-likeness (QED) is 0.391. The molecule has 1 unspecified atom stereocenters. The number of hydrogen-bond donors (Lipinski definition) is 2. The molecule has 1 saturated heterocycles. The number of aliphatic imine (C=N–C) groups is 1. The maximum atomic E-state index is 12.7. The summed E-state index contributed by atoms with van der Waals surface area (Å²) in [5.74, 6) is 2.25. The van der Waals surface area contributed by atoms with E-state index in [0.717, 1.165) is 50.6 Å². The van der Waals surface area contributed by atoms with Crippen LogP contribution >= 0.6 is 24.0 Å². The highest BCUT2D eigenvalue weighted by atomic mass is 127. The molecule has 1 atom stereocenters. The van der Waals surface area contributed by atoms with E-state index in [1.54, 1.807) is 6.26 Å². The van der Waals surface area contributed by atoms with Gasteiger partial charge in [-0.1, -0.05) is 19.3 Å². The summed E-state index contributed by atoms with van der Waals surface area (Å²) in [6.45, 7) is 5.00. The average Bonchev–Trinajstić information content (AvgIpc) is 3.32. The second-order valence-electron chi connectivity index (χ2n) is 7.02. The highest BCUT2D eigenvalue weighted by molar-refractivity contribution is 14.0. The molecule has 3 rings (SSSR count). The molecule has 7 heteroatoms. The Hall–Kier alpha value is -1.25. The van der Waals surface area contributed by atoms with Gasteiger partial charge in [0.1, 0.15) is 12.3 Å². The van der Waals surface area contributed by atoms with Crippen LogP contribution in [0.2, 0.25) is 0 Å². The van der Waals surface area contributed by atoms with E-state index >= 15 is 0 Å². The lowest BCUT2D eigenvalue weighted by Gasteiger charge is -2.26. The zero-order valence-electron chi connectivity index (χ0n) is 15.6. The van der Waals surface area contributed by atoms with Crippen LogP contribution < -0.4 is 10.6 Å². The Balaban J connectivity index is 0.00000243. The number of rotatable bonds is 5. The number of nitrogens with zero attached hydrogens (tertiary/aromatic N) is 2. The third kappa shape index (κ3) is 5.89. The number of carbonyl (C=O) groups is 1. The first-order chi connectivity index (χ1) is 12.3. The Kier molecular flexibility index (Phi) is 8.74. The lowest BCUT2D eigenvalue weighted by Crippen LogP contribution is -2.45. The summed E-state index contributed by atoms with van der Waals surface area (Å²) in [7, 11) is 0. The van der Waals surface area contributed by atoms with Crippen molar-refractivity contribution in [2.45, 2.75) is 58.0 Å². The van der Waals surface area contributed by atoms with Gasteiger partial charge in [0.2, 0.25) is 5.91 Å². The molecule has 1 saturated carbocycles. The van der Waals surface area contributed by atoms with Crippen LogP contribution in [0.15, 0.2) is 27.8 Å². The van der Waals surface area contributed by atoms with E-state index in [1.165, 1.54) is 19.3 Å². The summed E-state index contributed by atoms with van der Waals surface area (Å²) in [6, 6.07) is 4.06. The number of carbonyl (C=O) groups excluding carboxylic acids is 1. The second-order valence-corrected chi connectivity index (χ2v) is 7.02. The molecular weight excluding hydrogens is 443 g/mol. The van der Waals surface area contributed by atoms with Gasteiger partial charge in [-0.2, -0.15) is 0 Å². The van der Waals surface area contributed by atoms with Crippen molar-refractivity contribution in [1.82, 2.24) is 15.5 Å². The molecule has 2 N–H and O–H groups in total. The Labute approximate surface area is 173 Å². The van der Waals surface area contributed by atoms with Gasteiger partial charge in [0, 0.05) is 31.6 Å². The molecule has 0 aromatic carbocycles. The summed E-state index contributed by atoms with van der Waals surface area (Å²) < 4.78 is 5.33. The first-order valence-electron chi connectivity index (χ1n) is 9.62.